The van der Waals surface area contributed by atoms with Gasteiger partial charge in [0.2, 0.25) is 5.56 Å². The van der Waals surface area contributed by atoms with E-state index < -0.39 is 59.2 Å². The Labute approximate surface area is 783 Å². The molecule has 0 radical (unpaired) electrons. The number of carboxylic acid groups (broad SMARTS) is 2. The van der Waals surface area contributed by atoms with Crippen molar-refractivity contribution in [3.8, 4) is 6.07 Å². The molecular formula is C76H124Cl7N19NaO20P. The molecule has 48 heteroatoms. The first kappa shape index (κ1) is 133. The van der Waals surface area contributed by atoms with Gasteiger partial charge >= 0.3 is 76.5 Å². The van der Waals surface area contributed by atoms with Crippen LogP contribution in [0.5, 0.6) is 0 Å². The van der Waals surface area contributed by atoms with Gasteiger partial charge in [0.1, 0.15) is 58.1 Å². The van der Waals surface area contributed by atoms with E-state index in [2.05, 4.69) is 109 Å². The molecule has 0 fully saturated rings. The number of ketones is 1. The van der Waals surface area contributed by atoms with Crippen LogP contribution in [0.1, 0.15) is 248 Å². The summed E-state index contributed by atoms with van der Waals surface area (Å²) in [4.78, 5) is 120. The van der Waals surface area contributed by atoms with Crippen LogP contribution >= 0.6 is 87.7 Å². The molecule has 0 unspecified atom stereocenters. The number of aryl methyl sites for hydroxylation is 2. The van der Waals surface area contributed by atoms with Crippen molar-refractivity contribution in [1.29, 1.82) is 5.26 Å². The van der Waals surface area contributed by atoms with Gasteiger partial charge in [0, 0.05) is 54.1 Å². The number of hydrogen-bond donors (Lipinski definition) is 9. The van der Waals surface area contributed by atoms with Crippen LogP contribution in [-0.4, -0.2) is 173 Å². The molecule has 15 N–H and O–H groups in total. The van der Waals surface area contributed by atoms with E-state index in [0.717, 1.165) is 48.3 Å². The summed E-state index contributed by atoms with van der Waals surface area (Å²) in [6.07, 6.45) is 10.00. The molecule has 0 aliphatic rings. The molecule has 0 aromatic carbocycles. The number of aromatic nitrogens is 13. The summed E-state index contributed by atoms with van der Waals surface area (Å²) in [5, 5.41) is 44.3. The third-order valence-corrected chi connectivity index (χ3v) is 14.3. The number of ether oxygens (including phenoxy) is 6. The number of fused-ring (bicyclic) bond motifs is 2. The SMILES string of the molecule is C.C.CC(C)CN.CC(C)n1ncc(C(=O)O)c1N.CC(C)n1ncc2c(C(=O)O)cc(Cl)nc21.CC(C)n1nccc1N.CCCc1cc(C)[nH]c(=O)c1CN.CCO/C=C(\C#N)C(=O)OCC.CCOC(=O)CC(=O)C(=O)OCC.CCOC(=O)c1cc(=O)[nH]c2c1cnn2C(C)C.CCOC(=O)c1cnn(C(C)C)c1N.Cl.Cl.Cl.O=P(Cl)(Cl)Cl.[Na+].[OH-]. The number of nitrogens with zero attached hydrogens (tertiary/aromatic N) is 12. The van der Waals surface area contributed by atoms with Crippen molar-refractivity contribution in [2.75, 3.05) is 63.4 Å². The molecule has 8 aromatic rings. The number of pyridine rings is 3. The van der Waals surface area contributed by atoms with Gasteiger partial charge in [0.25, 0.3) is 11.3 Å². The predicted molar refractivity (Wildman–Crippen MR) is 485 cm³/mol. The monoisotopic (exact) mass is 1920 g/mol. The van der Waals surface area contributed by atoms with Crippen LogP contribution in [0.2, 0.25) is 5.15 Å². The van der Waals surface area contributed by atoms with Crippen LogP contribution in [-0.2, 0) is 65.1 Å². The number of nitrogens with two attached hydrogens (primary N) is 5. The minimum atomic E-state index is -3.22. The number of aromatic amines is 2. The number of halogens is 7. The number of anilines is 3. The Kier molecular flexibility index (Phi) is 75.5. The fourth-order valence-corrected chi connectivity index (χ4v) is 9.02. The average molecular weight is 1930 g/mol. The van der Waals surface area contributed by atoms with Crippen LogP contribution in [0.4, 0.5) is 17.5 Å². The van der Waals surface area contributed by atoms with Gasteiger partial charge in [-0.25, -0.2) is 57.2 Å². The largest absolute Gasteiger partial charge is 1.00 e. The number of aromatic carboxylic acids is 2. The molecule has 39 nitrogen and oxygen atoms in total. The molecule has 0 spiro atoms. The number of esters is 5. The molecule has 8 aromatic heterocycles. The number of carbonyl (C=O) groups is 8. The van der Waals surface area contributed by atoms with E-state index in [0.29, 0.717) is 65.2 Å². The van der Waals surface area contributed by atoms with Crippen molar-refractivity contribution in [3.63, 3.8) is 0 Å². The van der Waals surface area contributed by atoms with E-state index in [4.69, 9.17) is 70.0 Å². The second-order valence-electron chi connectivity index (χ2n) is 25.4. The Morgan fingerprint density at radius 1 is 0.589 bits per heavy atom. The molecule has 0 aliphatic carbocycles. The van der Waals surface area contributed by atoms with Crippen molar-refractivity contribution >= 4 is 175 Å². The first-order chi connectivity index (χ1) is 54.7. The number of rotatable bonds is 24. The summed E-state index contributed by atoms with van der Waals surface area (Å²) in [5.74, 6) is -4.26. The number of nitrogens with one attached hydrogen (secondary N) is 2. The number of nitriles is 1. The fourth-order valence-electron chi connectivity index (χ4n) is 8.83. The summed E-state index contributed by atoms with van der Waals surface area (Å²) >= 11 is 19.6. The number of carbonyl (C=O) groups excluding carboxylic acids is 6. The topological polar surface area (TPSA) is 601 Å². The Morgan fingerprint density at radius 3 is 1.40 bits per heavy atom. The maximum absolute atomic E-state index is 11.8. The minimum Gasteiger partial charge on any atom is -0.870 e. The normalized spacial score (nSPS) is 9.94. The summed E-state index contributed by atoms with van der Waals surface area (Å²) in [7, 11) is 0. The molecule has 698 valence electrons. The van der Waals surface area contributed by atoms with Gasteiger partial charge in [-0.1, -0.05) is 53.6 Å². The van der Waals surface area contributed by atoms with E-state index in [1.807, 2.05) is 82.2 Å². The zero-order chi connectivity index (χ0) is 90.3. The van der Waals surface area contributed by atoms with Crippen LogP contribution < -0.4 is 69.3 Å². The second kappa shape index (κ2) is 70.3. The molecule has 0 saturated heterocycles. The van der Waals surface area contributed by atoms with Gasteiger partial charge in [-0.15, -0.1) is 37.2 Å². The molecule has 124 heavy (non-hydrogen) atoms. The third kappa shape index (κ3) is 49.7. The molecular weight excluding hydrogens is 1800 g/mol. The maximum atomic E-state index is 11.8. The number of carboxylic acids is 2. The van der Waals surface area contributed by atoms with Crippen LogP contribution in [0, 0.1) is 24.2 Å². The van der Waals surface area contributed by atoms with E-state index in [9.17, 15) is 52.5 Å². The average Bonchev–Trinajstić information content (AvgIpc) is 1.63. The van der Waals surface area contributed by atoms with Gasteiger partial charge in [0.05, 0.1) is 92.5 Å². The predicted octanol–water partition coefficient (Wildman–Crippen LogP) is 11.8. The van der Waals surface area contributed by atoms with Crippen molar-refractivity contribution in [1.82, 2.24) is 63.9 Å². The van der Waals surface area contributed by atoms with Crippen LogP contribution in [0.25, 0.3) is 22.1 Å². The van der Waals surface area contributed by atoms with Crippen molar-refractivity contribution in [3.05, 3.63) is 132 Å². The smallest absolute Gasteiger partial charge is 0.870 e. The van der Waals surface area contributed by atoms with Gasteiger partial charge in [0.15, 0.2) is 11.2 Å². The quantitative estimate of drug-likeness (QED) is 0.00259. The van der Waals surface area contributed by atoms with Crippen LogP contribution in [0.15, 0.2) is 76.7 Å². The van der Waals surface area contributed by atoms with E-state index in [-0.39, 0.29) is 182 Å². The number of nitrogen functional groups attached to an aromatic ring is 3. The second-order valence-corrected chi connectivity index (χ2v) is 32.5. The Balaban J connectivity index is -0.000000171. The Morgan fingerprint density at radius 2 is 1.02 bits per heavy atom. The van der Waals surface area contributed by atoms with Crippen molar-refractivity contribution < 1.29 is 117 Å². The van der Waals surface area contributed by atoms with E-state index >= 15 is 0 Å². The Bertz CT molecular complexity index is 4720. The molecule has 0 saturated carbocycles. The first-order valence-electron chi connectivity index (χ1n) is 36.7. The summed E-state index contributed by atoms with van der Waals surface area (Å²) in [6.45, 7) is 40.5. The standard InChI is InChI=1S/C12H15N3O3.C10H10ClN3O2.C10H16N2O.C9H15N3O2.C8H11NO3.C8H12O5.C7H11N3O2.C6H11N3.C4H11N.2CH4.Cl3OP.3ClH.Na.H2O/c1-4-18-12(17)8-5-10(16)14-11-9(8)6-13-15(11)7(2)3;1-5(2)14-9-7(4-12-14)6(10(15)16)3-8(11)13-9;1-3-4-8-5-7(2)12-10(13)9(8)6-11;1-4-14-9(13)7-5-11-12(6(2)3)8(7)10;1-3-11-6-7(5-9)8(10)12-4-2;1-3-12-7(10)5-6(9)8(11)13-4-2;1-4(2)10-6(8)5(3-9-10)7(11)12;1-5(2)9-6(7)3-4-8-9;1-4(2)3-5;;;1-5(2,3)4;;;;;/h5-7H,4H2,1-3H3,(H,14,16);3-5H,1-2H3,(H,15,16);5H,3-4,6,11H2,1-2H3,(H,12,13);5-6H,4,10H2,1-3H3;6H,3-4H2,1-2H3;3-5H2,1-2H3;3-4H,8H2,1-2H3,(H,11,12);3-5H,7H2,1-2H3;4H,3,5H2,1-2H3;2*1H4;;3*1H;;1H2/q;;;;;;;;;;;;;;;+1;/p-1/b;;;;7-6+;;;;;;;;;;;;. The number of hydrogen-bond acceptors (Lipinski definition) is 30. The van der Waals surface area contributed by atoms with Gasteiger partial charge in [-0.05, 0) is 194 Å². The first-order valence-corrected chi connectivity index (χ1v) is 41.5. The molecule has 8 heterocycles. The maximum Gasteiger partial charge on any atom is 1.00 e. The van der Waals surface area contributed by atoms with Gasteiger partial charge in [-0.3, -0.25) is 23.7 Å². The van der Waals surface area contributed by atoms with E-state index in [1.54, 1.807) is 84.8 Å². The zero-order valence-electron chi connectivity index (χ0n) is 72.2. The molecule has 8 rings (SSSR count). The zero-order valence-corrected chi connectivity index (χ0v) is 80.6. The van der Waals surface area contributed by atoms with Crippen molar-refractivity contribution in [2.24, 2.45) is 17.4 Å². The third-order valence-electron chi connectivity index (χ3n) is 14.1. The summed E-state index contributed by atoms with van der Waals surface area (Å²) < 4.78 is 45.6. The molecule has 0 bridgehead atoms. The van der Waals surface area contributed by atoms with Crippen LogP contribution in [0.3, 0.4) is 0 Å². The summed E-state index contributed by atoms with van der Waals surface area (Å²) in [5.41, 5.74) is 31.5. The minimum absolute atomic E-state index is 0. The molecule has 0 amide bonds. The fraction of sp³-hybridized carbons (Fsp3) is 0.513. The molecule has 0 atom stereocenters. The number of H-pyrrole nitrogens is 2. The van der Waals surface area contributed by atoms with Gasteiger partial charge in [-0.2, -0.15) is 30.8 Å². The molecule has 0 aliphatic heterocycles. The van der Waals surface area contributed by atoms with E-state index in [1.165, 1.54) is 35.4 Å². The summed E-state index contributed by atoms with van der Waals surface area (Å²) in [6, 6.07) is 8.83. The van der Waals surface area contributed by atoms with Gasteiger partial charge < -0.3 is 82.7 Å². The van der Waals surface area contributed by atoms with Crippen molar-refractivity contribution in [2.45, 2.75) is 209 Å². The number of Topliss-reactive ketones (excluding diaryl/α,β-unsaturated/α-hetero) is 1. The Hall–Kier alpha value is -8.85.